The van der Waals surface area contributed by atoms with E-state index >= 15 is 0 Å². The van der Waals surface area contributed by atoms with Gasteiger partial charge in [-0.1, -0.05) is 29.3 Å². The molecule has 25 heavy (non-hydrogen) atoms. The second kappa shape index (κ2) is 9.30. The standard InChI is InChI=1S/C18H18Cl2N2O2.ClH/c19-15-2-1-3-16(17(15)20)24-14-6-4-12(5-7-14)18(23)22-13-8-10-21-11-9-13;/h1-7,13,21H,8-11H2,(H,22,23);1H. The number of nitrogens with one attached hydrogen (secondary N) is 2. The fourth-order valence-electron chi connectivity index (χ4n) is 2.60. The Balaban J connectivity index is 0.00000225. The summed E-state index contributed by atoms with van der Waals surface area (Å²) in [5.41, 5.74) is 0.609. The van der Waals surface area contributed by atoms with E-state index in [1.807, 2.05) is 0 Å². The minimum Gasteiger partial charge on any atom is -0.456 e. The van der Waals surface area contributed by atoms with E-state index in [1.54, 1.807) is 42.5 Å². The lowest BCUT2D eigenvalue weighted by Gasteiger charge is -2.23. The zero-order chi connectivity index (χ0) is 16.9. The summed E-state index contributed by atoms with van der Waals surface area (Å²) in [6.45, 7) is 1.89. The van der Waals surface area contributed by atoms with Gasteiger partial charge in [-0.3, -0.25) is 4.79 Å². The molecule has 1 heterocycles. The fourth-order valence-corrected chi connectivity index (χ4v) is 2.93. The van der Waals surface area contributed by atoms with E-state index in [1.165, 1.54) is 0 Å². The first-order valence-corrected chi connectivity index (χ1v) is 8.62. The number of hydrogen-bond donors (Lipinski definition) is 2. The van der Waals surface area contributed by atoms with Gasteiger partial charge in [-0.2, -0.15) is 0 Å². The summed E-state index contributed by atoms with van der Waals surface area (Å²) < 4.78 is 5.72. The van der Waals surface area contributed by atoms with Gasteiger partial charge in [0.05, 0.1) is 5.02 Å². The second-order valence-corrected chi connectivity index (χ2v) is 6.46. The topological polar surface area (TPSA) is 50.4 Å². The van der Waals surface area contributed by atoms with Crippen molar-refractivity contribution in [3.63, 3.8) is 0 Å². The molecule has 0 radical (unpaired) electrons. The van der Waals surface area contributed by atoms with Crippen molar-refractivity contribution in [3.05, 3.63) is 58.1 Å². The first-order chi connectivity index (χ1) is 11.6. The third-order valence-electron chi connectivity index (χ3n) is 3.93. The molecule has 0 unspecified atom stereocenters. The molecule has 2 aromatic rings. The van der Waals surface area contributed by atoms with Crippen LogP contribution in [0, 0.1) is 0 Å². The Bertz CT molecular complexity index is 717. The van der Waals surface area contributed by atoms with Crippen molar-refractivity contribution < 1.29 is 9.53 Å². The Morgan fingerprint density at radius 2 is 1.76 bits per heavy atom. The van der Waals surface area contributed by atoms with Crippen LogP contribution in [-0.2, 0) is 0 Å². The summed E-state index contributed by atoms with van der Waals surface area (Å²) >= 11 is 12.1. The first kappa shape index (κ1) is 19.9. The van der Waals surface area contributed by atoms with E-state index in [9.17, 15) is 4.79 Å². The lowest BCUT2D eigenvalue weighted by atomic mass is 10.1. The molecule has 0 bridgehead atoms. The molecule has 4 nitrogen and oxygen atoms in total. The number of benzene rings is 2. The van der Waals surface area contributed by atoms with Gasteiger partial charge < -0.3 is 15.4 Å². The van der Waals surface area contributed by atoms with Crippen molar-refractivity contribution in [1.82, 2.24) is 10.6 Å². The normalized spacial score (nSPS) is 14.5. The minimum absolute atomic E-state index is 0. The predicted molar refractivity (Wildman–Crippen MR) is 104 cm³/mol. The number of carbonyl (C=O) groups is 1. The molecule has 1 aliphatic rings. The molecule has 134 valence electrons. The molecule has 7 heteroatoms. The average Bonchev–Trinajstić information content (AvgIpc) is 2.60. The van der Waals surface area contributed by atoms with Crippen LogP contribution in [0.3, 0.4) is 0 Å². The van der Waals surface area contributed by atoms with Gasteiger partial charge in [0.1, 0.15) is 16.5 Å². The van der Waals surface area contributed by atoms with Crippen LogP contribution in [0.5, 0.6) is 11.5 Å². The largest absolute Gasteiger partial charge is 0.456 e. The van der Waals surface area contributed by atoms with E-state index in [4.69, 9.17) is 27.9 Å². The summed E-state index contributed by atoms with van der Waals surface area (Å²) in [6.07, 6.45) is 1.92. The van der Waals surface area contributed by atoms with Crippen LogP contribution in [0.25, 0.3) is 0 Å². The maximum absolute atomic E-state index is 12.3. The molecule has 2 N–H and O–H groups in total. The van der Waals surface area contributed by atoms with Crippen molar-refractivity contribution in [3.8, 4) is 11.5 Å². The van der Waals surface area contributed by atoms with Crippen LogP contribution in [0.2, 0.25) is 10.0 Å². The van der Waals surface area contributed by atoms with E-state index in [0.717, 1.165) is 25.9 Å². The number of rotatable bonds is 4. The highest BCUT2D eigenvalue weighted by Crippen LogP contribution is 2.34. The zero-order valence-corrected chi connectivity index (χ0v) is 15.8. The molecule has 1 aliphatic heterocycles. The van der Waals surface area contributed by atoms with Gasteiger partial charge in [-0.05, 0) is 62.3 Å². The number of ether oxygens (including phenoxy) is 1. The molecule has 0 aromatic heterocycles. The van der Waals surface area contributed by atoms with Gasteiger partial charge in [0.2, 0.25) is 0 Å². The van der Waals surface area contributed by atoms with Crippen LogP contribution >= 0.6 is 35.6 Å². The van der Waals surface area contributed by atoms with Gasteiger partial charge in [0.15, 0.2) is 0 Å². The molecule has 2 aromatic carbocycles. The second-order valence-electron chi connectivity index (χ2n) is 5.68. The van der Waals surface area contributed by atoms with Gasteiger partial charge >= 0.3 is 0 Å². The first-order valence-electron chi connectivity index (χ1n) is 7.87. The molecular formula is C18H19Cl3N2O2. The predicted octanol–water partition coefficient (Wildman–Crippen LogP) is 4.69. The molecule has 1 amide bonds. The highest BCUT2D eigenvalue weighted by atomic mass is 35.5. The Labute approximate surface area is 163 Å². The van der Waals surface area contributed by atoms with E-state index in [0.29, 0.717) is 27.1 Å². The lowest BCUT2D eigenvalue weighted by molar-refractivity contribution is 0.0929. The third-order valence-corrected chi connectivity index (χ3v) is 4.74. The van der Waals surface area contributed by atoms with Crippen LogP contribution < -0.4 is 15.4 Å². The number of carbonyl (C=O) groups excluding carboxylic acids is 1. The molecule has 0 aliphatic carbocycles. The van der Waals surface area contributed by atoms with Gasteiger partial charge in [-0.15, -0.1) is 12.4 Å². The summed E-state index contributed by atoms with van der Waals surface area (Å²) in [5, 5.41) is 7.15. The summed E-state index contributed by atoms with van der Waals surface area (Å²) in [4.78, 5) is 12.3. The molecule has 1 saturated heterocycles. The fraction of sp³-hybridized carbons (Fsp3) is 0.278. The third kappa shape index (κ3) is 5.25. The lowest BCUT2D eigenvalue weighted by Crippen LogP contribution is -2.42. The molecule has 0 spiro atoms. The Morgan fingerprint density at radius 3 is 2.44 bits per heavy atom. The van der Waals surface area contributed by atoms with E-state index < -0.39 is 0 Å². The van der Waals surface area contributed by atoms with Crippen LogP contribution in [0.1, 0.15) is 23.2 Å². The molecule has 3 rings (SSSR count). The molecule has 1 fully saturated rings. The maximum Gasteiger partial charge on any atom is 0.251 e. The molecular weight excluding hydrogens is 383 g/mol. The number of amides is 1. The van der Waals surface area contributed by atoms with Crippen LogP contribution in [0.15, 0.2) is 42.5 Å². The van der Waals surface area contributed by atoms with Crippen LogP contribution in [-0.4, -0.2) is 25.0 Å². The van der Waals surface area contributed by atoms with E-state index in [-0.39, 0.29) is 24.4 Å². The molecule has 0 atom stereocenters. The number of halogens is 3. The van der Waals surface area contributed by atoms with Crippen molar-refractivity contribution in [2.24, 2.45) is 0 Å². The summed E-state index contributed by atoms with van der Waals surface area (Å²) in [5.74, 6) is 1.02. The van der Waals surface area contributed by atoms with Gasteiger partial charge in [-0.25, -0.2) is 0 Å². The average molecular weight is 402 g/mol. The molecule has 0 saturated carbocycles. The van der Waals surface area contributed by atoms with Crippen LogP contribution in [0.4, 0.5) is 0 Å². The van der Waals surface area contributed by atoms with E-state index in [2.05, 4.69) is 10.6 Å². The summed E-state index contributed by atoms with van der Waals surface area (Å²) in [7, 11) is 0. The zero-order valence-electron chi connectivity index (χ0n) is 13.4. The van der Waals surface area contributed by atoms with Crippen molar-refractivity contribution in [1.29, 1.82) is 0 Å². The highest BCUT2D eigenvalue weighted by molar-refractivity contribution is 6.42. The number of piperidine rings is 1. The SMILES string of the molecule is Cl.O=C(NC1CCNCC1)c1ccc(Oc2cccc(Cl)c2Cl)cc1. The highest BCUT2D eigenvalue weighted by Gasteiger charge is 2.16. The number of hydrogen-bond acceptors (Lipinski definition) is 3. The summed E-state index contributed by atoms with van der Waals surface area (Å²) in [6, 6.07) is 12.4. The quantitative estimate of drug-likeness (QED) is 0.781. The van der Waals surface area contributed by atoms with Gasteiger partial charge in [0, 0.05) is 11.6 Å². The minimum atomic E-state index is -0.0609. The Hall–Kier alpha value is -1.46. The smallest absolute Gasteiger partial charge is 0.251 e. The van der Waals surface area contributed by atoms with Crippen molar-refractivity contribution >= 4 is 41.5 Å². The van der Waals surface area contributed by atoms with Gasteiger partial charge in [0.25, 0.3) is 5.91 Å². The van der Waals surface area contributed by atoms with Crippen molar-refractivity contribution in [2.45, 2.75) is 18.9 Å². The van der Waals surface area contributed by atoms with Crippen molar-refractivity contribution in [2.75, 3.05) is 13.1 Å². The monoisotopic (exact) mass is 400 g/mol. The Kier molecular flexibility index (Phi) is 7.38. The maximum atomic E-state index is 12.3. The Morgan fingerprint density at radius 1 is 1.08 bits per heavy atom.